The van der Waals surface area contributed by atoms with Crippen LogP contribution in [0.2, 0.25) is 0 Å². The summed E-state index contributed by atoms with van der Waals surface area (Å²) in [5.41, 5.74) is 1.48. The zero-order valence-electron chi connectivity index (χ0n) is 11.0. The first-order valence-corrected chi connectivity index (χ1v) is 7.54. The Morgan fingerprint density at radius 3 is 3.00 bits per heavy atom. The summed E-state index contributed by atoms with van der Waals surface area (Å²) in [6, 6.07) is 1.87. The van der Waals surface area contributed by atoms with Crippen LogP contribution in [0.15, 0.2) is 38.5 Å². The summed E-state index contributed by atoms with van der Waals surface area (Å²) in [5.74, 6) is 0.600. The molecule has 0 saturated heterocycles. The van der Waals surface area contributed by atoms with Gasteiger partial charge >= 0.3 is 0 Å². The first kappa shape index (κ1) is 13.4. The van der Waals surface area contributed by atoms with Crippen LogP contribution < -0.4 is 10.9 Å². The van der Waals surface area contributed by atoms with Crippen molar-refractivity contribution in [2.24, 2.45) is 5.92 Å². The average Bonchev–Trinajstić information content (AvgIpc) is 2.89. The summed E-state index contributed by atoms with van der Waals surface area (Å²) in [4.78, 5) is 12.4. The molecule has 20 heavy (non-hydrogen) atoms. The molecule has 106 valence electrons. The van der Waals surface area contributed by atoms with Gasteiger partial charge in [-0.05, 0) is 40.8 Å². The maximum Gasteiger partial charge on any atom is 0.291 e. The molecule has 0 unspecified atom stereocenters. The quantitative estimate of drug-likeness (QED) is 0.910. The fourth-order valence-electron chi connectivity index (χ4n) is 2.26. The van der Waals surface area contributed by atoms with Gasteiger partial charge in [-0.25, -0.2) is 4.68 Å². The fourth-order valence-corrected chi connectivity index (χ4v) is 2.66. The second kappa shape index (κ2) is 5.83. The van der Waals surface area contributed by atoms with Gasteiger partial charge in [0.1, 0.15) is 5.69 Å². The molecule has 0 bridgehead atoms. The van der Waals surface area contributed by atoms with Crippen LogP contribution in [0.1, 0.15) is 24.8 Å². The zero-order valence-corrected chi connectivity index (χ0v) is 12.6. The molecule has 0 amide bonds. The lowest BCUT2D eigenvalue weighted by Crippen LogP contribution is -2.30. The standard InChI is InChI=1S/C14H16BrN3O2/c15-12-7-17-18(8-10-2-1-3-10)14(19)13(12)16-6-11-4-5-20-9-11/h4-5,7,9-10,16H,1-3,6,8H2. The van der Waals surface area contributed by atoms with Crippen molar-refractivity contribution in [1.29, 1.82) is 0 Å². The van der Waals surface area contributed by atoms with E-state index in [1.807, 2.05) is 6.07 Å². The SMILES string of the molecule is O=c1c(NCc2ccoc2)c(Br)cnn1CC1CCC1. The number of hydrogen-bond donors (Lipinski definition) is 1. The van der Waals surface area contributed by atoms with Crippen LogP contribution >= 0.6 is 15.9 Å². The fraction of sp³-hybridized carbons (Fsp3) is 0.429. The summed E-state index contributed by atoms with van der Waals surface area (Å²) >= 11 is 3.38. The third kappa shape index (κ3) is 2.80. The van der Waals surface area contributed by atoms with Gasteiger partial charge in [0.05, 0.1) is 23.2 Å². The van der Waals surface area contributed by atoms with Gasteiger partial charge in [0.2, 0.25) is 0 Å². The molecular weight excluding hydrogens is 322 g/mol. The molecule has 3 rings (SSSR count). The molecule has 1 aliphatic rings. The number of nitrogens with one attached hydrogen (secondary N) is 1. The molecule has 0 atom stereocenters. The highest BCUT2D eigenvalue weighted by atomic mass is 79.9. The van der Waals surface area contributed by atoms with E-state index in [1.165, 1.54) is 19.3 Å². The summed E-state index contributed by atoms with van der Waals surface area (Å²) < 4.78 is 7.27. The molecule has 1 saturated carbocycles. The van der Waals surface area contributed by atoms with E-state index in [0.29, 0.717) is 29.2 Å². The lowest BCUT2D eigenvalue weighted by molar-refractivity contribution is 0.262. The lowest BCUT2D eigenvalue weighted by atomic mass is 9.85. The van der Waals surface area contributed by atoms with E-state index in [1.54, 1.807) is 23.4 Å². The smallest absolute Gasteiger partial charge is 0.291 e. The van der Waals surface area contributed by atoms with E-state index in [4.69, 9.17) is 4.42 Å². The molecule has 5 nitrogen and oxygen atoms in total. The van der Waals surface area contributed by atoms with Crippen LogP contribution in [-0.2, 0) is 13.1 Å². The van der Waals surface area contributed by atoms with Gasteiger partial charge in [0, 0.05) is 18.7 Å². The van der Waals surface area contributed by atoms with Gasteiger partial charge in [-0.3, -0.25) is 4.79 Å². The highest BCUT2D eigenvalue weighted by Gasteiger charge is 2.20. The van der Waals surface area contributed by atoms with Gasteiger partial charge in [0.25, 0.3) is 5.56 Å². The van der Waals surface area contributed by atoms with Crippen LogP contribution in [0.3, 0.4) is 0 Å². The van der Waals surface area contributed by atoms with Crippen molar-refractivity contribution in [3.63, 3.8) is 0 Å². The van der Waals surface area contributed by atoms with Crippen LogP contribution in [0.4, 0.5) is 5.69 Å². The predicted octanol–water partition coefficient (Wildman–Crippen LogP) is 3.01. The monoisotopic (exact) mass is 337 g/mol. The first-order valence-electron chi connectivity index (χ1n) is 6.74. The summed E-state index contributed by atoms with van der Waals surface area (Å²) in [5, 5.41) is 7.36. The van der Waals surface area contributed by atoms with E-state index in [-0.39, 0.29) is 5.56 Å². The molecule has 1 aliphatic carbocycles. The topological polar surface area (TPSA) is 60.1 Å². The highest BCUT2D eigenvalue weighted by molar-refractivity contribution is 9.10. The molecule has 0 aromatic carbocycles. The molecule has 2 aromatic heterocycles. The molecule has 0 spiro atoms. The Morgan fingerprint density at radius 2 is 2.35 bits per heavy atom. The third-order valence-electron chi connectivity index (χ3n) is 3.70. The molecule has 6 heteroatoms. The Kier molecular flexibility index (Phi) is 3.91. The minimum absolute atomic E-state index is 0.0743. The van der Waals surface area contributed by atoms with Crippen molar-refractivity contribution in [3.8, 4) is 0 Å². The molecule has 2 aromatic rings. The maximum absolute atomic E-state index is 12.4. The predicted molar refractivity (Wildman–Crippen MR) is 79.6 cm³/mol. The number of rotatable bonds is 5. The molecule has 1 fully saturated rings. The van der Waals surface area contributed by atoms with E-state index in [0.717, 1.165) is 5.56 Å². The number of nitrogens with zero attached hydrogens (tertiary/aromatic N) is 2. The largest absolute Gasteiger partial charge is 0.472 e. The van der Waals surface area contributed by atoms with Gasteiger partial charge in [-0.2, -0.15) is 5.10 Å². The Morgan fingerprint density at radius 1 is 1.50 bits per heavy atom. The average molecular weight is 338 g/mol. The normalized spacial score (nSPS) is 15.1. The Labute approximate surface area is 125 Å². The lowest BCUT2D eigenvalue weighted by Gasteiger charge is -2.25. The first-order chi connectivity index (χ1) is 9.74. The molecule has 1 N–H and O–H groups in total. The minimum atomic E-state index is -0.0743. The van der Waals surface area contributed by atoms with Gasteiger partial charge in [0.15, 0.2) is 0 Å². The third-order valence-corrected chi connectivity index (χ3v) is 4.30. The van der Waals surface area contributed by atoms with Crippen LogP contribution in [0.5, 0.6) is 0 Å². The van der Waals surface area contributed by atoms with E-state index < -0.39 is 0 Å². The van der Waals surface area contributed by atoms with E-state index in [2.05, 4.69) is 26.3 Å². The van der Waals surface area contributed by atoms with Crippen molar-refractivity contribution in [2.45, 2.75) is 32.4 Å². The van der Waals surface area contributed by atoms with Gasteiger partial charge in [-0.1, -0.05) is 6.42 Å². The number of furan rings is 1. The Bertz CT molecular complexity index is 632. The summed E-state index contributed by atoms with van der Waals surface area (Å²) in [6.45, 7) is 1.27. The van der Waals surface area contributed by atoms with Crippen molar-refractivity contribution in [2.75, 3.05) is 5.32 Å². The Balaban J connectivity index is 1.77. The second-order valence-corrected chi connectivity index (χ2v) is 5.99. The molecule has 0 aliphatic heterocycles. The van der Waals surface area contributed by atoms with Gasteiger partial charge < -0.3 is 9.73 Å². The maximum atomic E-state index is 12.4. The number of halogens is 1. The van der Waals surface area contributed by atoms with Crippen molar-refractivity contribution < 1.29 is 4.42 Å². The minimum Gasteiger partial charge on any atom is -0.472 e. The van der Waals surface area contributed by atoms with Crippen molar-refractivity contribution in [1.82, 2.24) is 9.78 Å². The second-order valence-electron chi connectivity index (χ2n) is 5.14. The van der Waals surface area contributed by atoms with Gasteiger partial charge in [-0.15, -0.1) is 0 Å². The molecule has 0 radical (unpaired) electrons. The van der Waals surface area contributed by atoms with E-state index in [9.17, 15) is 4.79 Å². The zero-order chi connectivity index (χ0) is 13.9. The number of aromatic nitrogens is 2. The number of hydrogen-bond acceptors (Lipinski definition) is 4. The molecular formula is C14H16BrN3O2. The van der Waals surface area contributed by atoms with Crippen molar-refractivity contribution in [3.05, 3.63) is 45.2 Å². The van der Waals surface area contributed by atoms with Crippen LogP contribution in [0.25, 0.3) is 0 Å². The Hall–Kier alpha value is -1.56. The molecule has 2 heterocycles. The highest BCUT2D eigenvalue weighted by Crippen LogP contribution is 2.27. The van der Waals surface area contributed by atoms with Crippen molar-refractivity contribution >= 4 is 21.6 Å². The number of anilines is 1. The van der Waals surface area contributed by atoms with Crippen LogP contribution in [0, 0.1) is 5.92 Å². The van der Waals surface area contributed by atoms with Crippen LogP contribution in [-0.4, -0.2) is 9.78 Å². The summed E-state index contributed by atoms with van der Waals surface area (Å²) in [7, 11) is 0. The summed E-state index contributed by atoms with van der Waals surface area (Å²) in [6.07, 6.45) is 8.62. The van der Waals surface area contributed by atoms with E-state index >= 15 is 0 Å².